The summed E-state index contributed by atoms with van der Waals surface area (Å²) in [4.78, 5) is 24.1. The Morgan fingerprint density at radius 2 is 1.45 bits per heavy atom. The number of hydrogen-bond acceptors (Lipinski definition) is 2. The van der Waals surface area contributed by atoms with E-state index in [1.54, 1.807) is 0 Å². The van der Waals surface area contributed by atoms with E-state index in [2.05, 4.69) is 12.2 Å². The van der Waals surface area contributed by atoms with Gasteiger partial charge in [-0.05, 0) is 32.1 Å². The van der Waals surface area contributed by atoms with Gasteiger partial charge in [-0.1, -0.05) is 39.0 Å². The first-order chi connectivity index (χ1) is 9.55. The molecule has 0 aromatic heterocycles. The first kappa shape index (κ1) is 15.3. The summed E-state index contributed by atoms with van der Waals surface area (Å²) in [5.41, 5.74) is -0.949. The molecule has 0 saturated heterocycles. The van der Waals surface area contributed by atoms with Crippen molar-refractivity contribution in [2.45, 2.75) is 71.1 Å². The Labute approximate surface area is 121 Å². The van der Waals surface area contributed by atoms with E-state index < -0.39 is 11.4 Å². The quantitative estimate of drug-likeness (QED) is 0.813. The second kappa shape index (κ2) is 6.15. The van der Waals surface area contributed by atoms with Gasteiger partial charge in [0.25, 0.3) is 0 Å². The van der Waals surface area contributed by atoms with E-state index in [0.717, 1.165) is 51.4 Å². The lowest BCUT2D eigenvalue weighted by molar-refractivity contribution is -0.151. The van der Waals surface area contributed by atoms with Crippen LogP contribution in [-0.4, -0.2) is 23.5 Å². The fourth-order valence-corrected chi connectivity index (χ4v) is 3.92. The smallest absolute Gasteiger partial charge is 0.311 e. The van der Waals surface area contributed by atoms with Crippen LogP contribution in [-0.2, 0) is 9.59 Å². The van der Waals surface area contributed by atoms with Crippen molar-refractivity contribution in [2.24, 2.45) is 10.8 Å². The SMILES string of the molecule is CCC1(C(=O)NCC2(C(=O)O)CCCCC2)CCCC1. The average Bonchev–Trinajstić information content (AvgIpc) is 2.95. The van der Waals surface area contributed by atoms with Crippen molar-refractivity contribution < 1.29 is 14.7 Å². The molecule has 114 valence electrons. The van der Waals surface area contributed by atoms with Crippen molar-refractivity contribution in [1.82, 2.24) is 5.32 Å². The van der Waals surface area contributed by atoms with Crippen LogP contribution in [0.4, 0.5) is 0 Å². The molecule has 2 fully saturated rings. The van der Waals surface area contributed by atoms with Gasteiger partial charge in [-0.3, -0.25) is 9.59 Å². The van der Waals surface area contributed by atoms with Crippen LogP contribution in [0.2, 0.25) is 0 Å². The van der Waals surface area contributed by atoms with Crippen molar-refractivity contribution in [1.29, 1.82) is 0 Å². The van der Waals surface area contributed by atoms with Gasteiger partial charge >= 0.3 is 5.97 Å². The number of aliphatic carboxylic acids is 1. The Bertz CT molecular complexity index is 366. The summed E-state index contributed by atoms with van der Waals surface area (Å²) in [6.07, 6.45) is 9.42. The summed E-state index contributed by atoms with van der Waals surface area (Å²) in [6, 6.07) is 0. The lowest BCUT2D eigenvalue weighted by Gasteiger charge is -2.35. The molecule has 0 bridgehead atoms. The standard InChI is InChI=1S/C16H27NO3/c1-2-15(8-6-7-9-15)13(18)17-12-16(14(19)20)10-4-3-5-11-16/h2-12H2,1H3,(H,17,18)(H,19,20). The van der Waals surface area contributed by atoms with Gasteiger partial charge in [0.2, 0.25) is 5.91 Å². The first-order valence-corrected chi connectivity index (χ1v) is 8.06. The van der Waals surface area contributed by atoms with E-state index in [-0.39, 0.29) is 11.3 Å². The summed E-state index contributed by atoms with van der Waals surface area (Å²) in [5.74, 6) is -0.654. The van der Waals surface area contributed by atoms with Crippen LogP contribution in [0.25, 0.3) is 0 Å². The number of carboxylic acids is 1. The molecular weight excluding hydrogens is 254 g/mol. The van der Waals surface area contributed by atoms with Crippen LogP contribution in [0.3, 0.4) is 0 Å². The Balaban J connectivity index is 1.98. The summed E-state index contributed by atoms with van der Waals surface area (Å²) in [7, 11) is 0. The molecule has 0 aliphatic heterocycles. The maximum atomic E-state index is 12.5. The zero-order chi connectivity index (χ0) is 14.6. The van der Waals surface area contributed by atoms with E-state index in [0.29, 0.717) is 19.4 Å². The second-order valence-electron chi connectivity index (χ2n) is 6.67. The molecule has 2 N–H and O–H groups in total. The van der Waals surface area contributed by atoms with Crippen LogP contribution in [0, 0.1) is 10.8 Å². The van der Waals surface area contributed by atoms with Crippen molar-refractivity contribution >= 4 is 11.9 Å². The van der Waals surface area contributed by atoms with Crippen LogP contribution in [0.5, 0.6) is 0 Å². The molecule has 0 atom stereocenters. The number of nitrogens with one attached hydrogen (secondary N) is 1. The van der Waals surface area contributed by atoms with E-state index in [4.69, 9.17) is 0 Å². The van der Waals surface area contributed by atoms with Gasteiger partial charge in [0.1, 0.15) is 0 Å². The third kappa shape index (κ3) is 2.84. The highest BCUT2D eigenvalue weighted by Crippen LogP contribution is 2.42. The minimum absolute atomic E-state index is 0.0868. The van der Waals surface area contributed by atoms with Crippen molar-refractivity contribution in [2.75, 3.05) is 6.54 Å². The normalized spacial score (nSPS) is 24.2. The number of amides is 1. The highest BCUT2D eigenvalue weighted by Gasteiger charge is 2.43. The zero-order valence-electron chi connectivity index (χ0n) is 12.5. The maximum Gasteiger partial charge on any atom is 0.311 e. The molecule has 20 heavy (non-hydrogen) atoms. The van der Waals surface area contributed by atoms with E-state index in [1.165, 1.54) is 0 Å². The predicted molar refractivity (Wildman–Crippen MR) is 77.4 cm³/mol. The molecule has 0 aromatic rings. The summed E-state index contributed by atoms with van der Waals surface area (Å²) in [5, 5.41) is 12.5. The van der Waals surface area contributed by atoms with Gasteiger partial charge in [0, 0.05) is 12.0 Å². The highest BCUT2D eigenvalue weighted by molar-refractivity contribution is 5.84. The Hall–Kier alpha value is -1.06. The molecular formula is C16H27NO3. The maximum absolute atomic E-state index is 12.5. The molecule has 0 unspecified atom stereocenters. The van der Waals surface area contributed by atoms with Crippen molar-refractivity contribution in [3.05, 3.63) is 0 Å². The molecule has 4 nitrogen and oxygen atoms in total. The predicted octanol–water partition coefficient (Wildman–Crippen LogP) is 3.11. The number of carbonyl (C=O) groups excluding carboxylic acids is 1. The number of carbonyl (C=O) groups is 2. The summed E-state index contributed by atoms with van der Waals surface area (Å²) in [6.45, 7) is 2.38. The second-order valence-corrected chi connectivity index (χ2v) is 6.67. The lowest BCUT2D eigenvalue weighted by atomic mass is 9.73. The number of hydrogen-bond donors (Lipinski definition) is 2. The molecule has 2 aliphatic carbocycles. The third-order valence-corrected chi connectivity index (χ3v) is 5.57. The highest BCUT2D eigenvalue weighted by atomic mass is 16.4. The molecule has 4 heteroatoms. The number of carboxylic acid groups (broad SMARTS) is 1. The minimum atomic E-state index is -0.741. The van der Waals surface area contributed by atoms with Crippen LogP contribution < -0.4 is 5.32 Å². The zero-order valence-corrected chi connectivity index (χ0v) is 12.5. The Kier molecular flexibility index (Phi) is 4.71. The van der Waals surface area contributed by atoms with Gasteiger partial charge in [-0.2, -0.15) is 0 Å². The average molecular weight is 281 g/mol. The van der Waals surface area contributed by atoms with Crippen LogP contribution >= 0.6 is 0 Å². The van der Waals surface area contributed by atoms with Crippen molar-refractivity contribution in [3.63, 3.8) is 0 Å². The topological polar surface area (TPSA) is 66.4 Å². The Morgan fingerprint density at radius 1 is 0.950 bits per heavy atom. The lowest BCUT2D eigenvalue weighted by Crippen LogP contribution is -2.48. The number of rotatable bonds is 5. The molecule has 0 spiro atoms. The molecule has 0 heterocycles. The van der Waals surface area contributed by atoms with E-state index >= 15 is 0 Å². The van der Waals surface area contributed by atoms with Crippen LogP contribution in [0.1, 0.15) is 71.1 Å². The summed E-state index contributed by atoms with van der Waals surface area (Å²) >= 11 is 0. The largest absolute Gasteiger partial charge is 0.481 e. The van der Waals surface area contributed by atoms with Gasteiger partial charge in [0.05, 0.1) is 5.41 Å². The van der Waals surface area contributed by atoms with E-state index in [1.807, 2.05) is 0 Å². The van der Waals surface area contributed by atoms with E-state index in [9.17, 15) is 14.7 Å². The molecule has 2 saturated carbocycles. The van der Waals surface area contributed by atoms with Crippen LogP contribution in [0.15, 0.2) is 0 Å². The molecule has 1 amide bonds. The fraction of sp³-hybridized carbons (Fsp3) is 0.875. The van der Waals surface area contributed by atoms with Gasteiger partial charge < -0.3 is 10.4 Å². The fourth-order valence-electron chi connectivity index (χ4n) is 3.92. The van der Waals surface area contributed by atoms with Gasteiger partial charge in [-0.15, -0.1) is 0 Å². The molecule has 2 aliphatic rings. The van der Waals surface area contributed by atoms with Gasteiger partial charge in [-0.25, -0.2) is 0 Å². The minimum Gasteiger partial charge on any atom is -0.481 e. The molecule has 0 aromatic carbocycles. The Morgan fingerprint density at radius 3 is 1.95 bits per heavy atom. The summed E-state index contributed by atoms with van der Waals surface area (Å²) < 4.78 is 0. The molecule has 2 rings (SSSR count). The monoisotopic (exact) mass is 281 g/mol. The first-order valence-electron chi connectivity index (χ1n) is 8.06. The van der Waals surface area contributed by atoms with Crippen molar-refractivity contribution in [3.8, 4) is 0 Å². The molecule has 0 radical (unpaired) electrons. The van der Waals surface area contributed by atoms with Gasteiger partial charge in [0.15, 0.2) is 0 Å². The third-order valence-electron chi connectivity index (χ3n) is 5.57.